The predicted octanol–water partition coefficient (Wildman–Crippen LogP) is 2.42. The van der Waals surface area contributed by atoms with Crippen molar-refractivity contribution in [2.45, 2.75) is 18.4 Å². The molecule has 16 heavy (non-hydrogen) atoms. The smallest absolute Gasteiger partial charge is 0.165 e. The third-order valence-corrected chi connectivity index (χ3v) is 3.36. The molecule has 88 valence electrons. The molecule has 0 spiro atoms. The Morgan fingerprint density at radius 1 is 1.50 bits per heavy atom. The Hall–Kier alpha value is -0.870. The highest BCUT2D eigenvalue weighted by Gasteiger charge is 2.32. The third-order valence-electron chi connectivity index (χ3n) is 2.85. The second-order valence-electron chi connectivity index (χ2n) is 3.99. The van der Waals surface area contributed by atoms with Gasteiger partial charge in [0.1, 0.15) is 0 Å². The molecular formula is C11H14ClFN2O. The van der Waals surface area contributed by atoms with Crippen LogP contribution in [0.4, 0.5) is 10.2 Å². The largest absolute Gasteiger partial charge is 0.381 e. The fraction of sp³-hybridized carbons (Fsp3) is 0.545. The Bertz CT molecular complexity index is 356. The van der Waals surface area contributed by atoms with Crippen molar-refractivity contribution in [3.63, 3.8) is 0 Å². The lowest BCUT2D eigenvalue weighted by molar-refractivity contribution is 0.0665. The van der Waals surface area contributed by atoms with Gasteiger partial charge in [-0.25, -0.2) is 9.37 Å². The van der Waals surface area contributed by atoms with Crippen molar-refractivity contribution in [3.05, 3.63) is 24.1 Å². The zero-order valence-electron chi connectivity index (χ0n) is 8.88. The van der Waals surface area contributed by atoms with Gasteiger partial charge in [0.05, 0.1) is 5.54 Å². The molecule has 0 aromatic carbocycles. The van der Waals surface area contributed by atoms with Crippen LogP contribution in [-0.4, -0.2) is 29.6 Å². The van der Waals surface area contributed by atoms with Gasteiger partial charge in [-0.2, -0.15) is 0 Å². The molecule has 5 heteroatoms. The monoisotopic (exact) mass is 244 g/mol. The molecule has 2 heterocycles. The van der Waals surface area contributed by atoms with Crippen LogP contribution in [-0.2, 0) is 4.74 Å². The van der Waals surface area contributed by atoms with Gasteiger partial charge in [-0.15, -0.1) is 11.6 Å². The van der Waals surface area contributed by atoms with Crippen molar-refractivity contribution in [2.75, 3.05) is 24.4 Å². The van der Waals surface area contributed by atoms with E-state index in [9.17, 15) is 4.39 Å². The lowest BCUT2D eigenvalue weighted by Crippen LogP contribution is -2.45. The van der Waals surface area contributed by atoms with Crippen molar-refractivity contribution in [3.8, 4) is 0 Å². The fourth-order valence-electron chi connectivity index (χ4n) is 1.78. The maximum absolute atomic E-state index is 13.5. The van der Waals surface area contributed by atoms with E-state index in [1.807, 2.05) is 0 Å². The number of hydrogen-bond acceptors (Lipinski definition) is 3. The van der Waals surface area contributed by atoms with Gasteiger partial charge in [0, 0.05) is 25.3 Å². The maximum atomic E-state index is 13.5. The van der Waals surface area contributed by atoms with Gasteiger partial charge in [-0.3, -0.25) is 0 Å². The summed E-state index contributed by atoms with van der Waals surface area (Å²) in [5.41, 5.74) is -0.297. The first kappa shape index (κ1) is 11.6. The Kier molecular flexibility index (Phi) is 3.61. The Labute approximate surface area is 99.0 Å². The first-order chi connectivity index (χ1) is 7.76. The van der Waals surface area contributed by atoms with Crippen LogP contribution < -0.4 is 5.32 Å². The molecule has 1 saturated heterocycles. The molecule has 1 aliphatic heterocycles. The van der Waals surface area contributed by atoms with Gasteiger partial charge < -0.3 is 10.1 Å². The van der Waals surface area contributed by atoms with Crippen LogP contribution in [0.3, 0.4) is 0 Å². The minimum Gasteiger partial charge on any atom is -0.381 e. The molecule has 2 rings (SSSR count). The van der Waals surface area contributed by atoms with E-state index in [-0.39, 0.29) is 17.2 Å². The fourth-order valence-corrected chi connectivity index (χ4v) is 2.12. The van der Waals surface area contributed by atoms with E-state index >= 15 is 0 Å². The van der Waals surface area contributed by atoms with E-state index in [4.69, 9.17) is 16.3 Å². The van der Waals surface area contributed by atoms with Gasteiger partial charge in [0.15, 0.2) is 11.6 Å². The first-order valence-electron chi connectivity index (χ1n) is 5.28. The number of nitrogens with one attached hydrogen (secondary N) is 1. The average molecular weight is 245 g/mol. The topological polar surface area (TPSA) is 34.2 Å². The van der Waals surface area contributed by atoms with Crippen molar-refractivity contribution < 1.29 is 9.13 Å². The molecule has 0 bridgehead atoms. The number of ether oxygens (including phenoxy) is 1. The van der Waals surface area contributed by atoms with Crippen LogP contribution in [0.2, 0.25) is 0 Å². The minimum atomic E-state index is -0.349. The number of aromatic nitrogens is 1. The molecule has 3 nitrogen and oxygen atoms in total. The Morgan fingerprint density at radius 3 is 2.88 bits per heavy atom. The number of hydrogen-bond donors (Lipinski definition) is 1. The first-order valence-corrected chi connectivity index (χ1v) is 5.82. The lowest BCUT2D eigenvalue weighted by atomic mass is 9.92. The molecular weight excluding hydrogens is 231 g/mol. The molecule has 0 saturated carbocycles. The van der Waals surface area contributed by atoms with Crippen LogP contribution in [0.1, 0.15) is 12.8 Å². The molecule has 1 aromatic heterocycles. The van der Waals surface area contributed by atoms with E-state index in [1.54, 1.807) is 12.3 Å². The number of alkyl halides is 1. The van der Waals surface area contributed by atoms with Crippen molar-refractivity contribution in [1.82, 2.24) is 4.98 Å². The molecule has 0 amide bonds. The zero-order valence-corrected chi connectivity index (χ0v) is 9.63. The summed E-state index contributed by atoms with van der Waals surface area (Å²) < 4.78 is 18.7. The molecule has 1 fully saturated rings. The summed E-state index contributed by atoms with van der Waals surface area (Å²) in [6, 6.07) is 2.95. The van der Waals surface area contributed by atoms with E-state index in [0.717, 1.165) is 12.8 Å². The second-order valence-corrected chi connectivity index (χ2v) is 4.25. The van der Waals surface area contributed by atoms with E-state index in [1.165, 1.54) is 6.07 Å². The normalized spacial score (nSPS) is 19.4. The van der Waals surface area contributed by atoms with Crippen LogP contribution in [0.25, 0.3) is 0 Å². The van der Waals surface area contributed by atoms with Gasteiger partial charge in [0.25, 0.3) is 0 Å². The van der Waals surface area contributed by atoms with Crippen molar-refractivity contribution in [1.29, 1.82) is 0 Å². The van der Waals surface area contributed by atoms with Crippen LogP contribution in [0.5, 0.6) is 0 Å². The highest BCUT2D eigenvalue weighted by atomic mass is 35.5. The molecule has 0 radical (unpaired) electrons. The third kappa shape index (κ3) is 2.44. The van der Waals surface area contributed by atoms with E-state index in [2.05, 4.69) is 10.3 Å². The van der Waals surface area contributed by atoms with Crippen molar-refractivity contribution >= 4 is 17.4 Å². The summed E-state index contributed by atoms with van der Waals surface area (Å²) in [7, 11) is 0. The molecule has 1 aliphatic rings. The summed E-state index contributed by atoms with van der Waals surface area (Å²) in [4.78, 5) is 3.98. The second kappa shape index (κ2) is 4.97. The zero-order chi connectivity index (χ0) is 11.4. The van der Waals surface area contributed by atoms with Gasteiger partial charge in [-0.1, -0.05) is 0 Å². The van der Waals surface area contributed by atoms with Gasteiger partial charge >= 0.3 is 0 Å². The average Bonchev–Trinajstić information content (AvgIpc) is 2.33. The minimum absolute atomic E-state index is 0.269. The highest BCUT2D eigenvalue weighted by molar-refractivity contribution is 6.18. The van der Waals surface area contributed by atoms with Crippen molar-refractivity contribution in [2.24, 2.45) is 0 Å². The summed E-state index contributed by atoms with van der Waals surface area (Å²) in [6.45, 7) is 1.29. The molecule has 1 N–H and O–H groups in total. The molecule has 0 atom stereocenters. The van der Waals surface area contributed by atoms with E-state index in [0.29, 0.717) is 19.1 Å². The number of anilines is 1. The highest BCUT2D eigenvalue weighted by Crippen LogP contribution is 2.27. The summed E-state index contributed by atoms with van der Waals surface area (Å²) >= 11 is 5.97. The SMILES string of the molecule is Fc1cccnc1NC1(CCl)CCOCC1. The maximum Gasteiger partial charge on any atom is 0.165 e. The quantitative estimate of drug-likeness (QED) is 0.830. The summed E-state index contributed by atoms with van der Waals surface area (Å²) in [6.07, 6.45) is 3.10. The van der Waals surface area contributed by atoms with Gasteiger partial charge in [0.2, 0.25) is 0 Å². The number of rotatable bonds is 3. The number of pyridine rings is 1. The standard InChI is InChI=1S/C11H14ClFN2O/c12-8-11(3-6-16-7-4-11)15-10-9(13)2-1-5-14-10/h1-2,5H,3-4,6-8H2,(H,14,15). The van der Waals surface area contributed by atoms with Gasteiger partial charge in [-0.05, 0) is 25.0 Å². The van der Waals surface area contributed by atoms with Crippen LogP contribution in [0.15, 0.2) is 18.3 Å². The molecule has 1 aromatic rings. The molecule has 0 unspecified atom stereocenters. The summed E-state index contributed by atoms with van der Waals surface area (Å²) in [5, 5.41) is 3.11. The van der Waals surface area contributed by atoms with Crippen LogP contribution >= 0.6 is 11.6 Å². The number of nitrogens with zero attached hydrogens (tertiary/aromatic N) is 1. The Morgan fingerprint density at radius 2 is 2.25 bits per heavy atom. The Balaban J connectivity index is 2.15. The predicted molar refractivity (Wildman–Crippen MR) is 61.3 cm³/mol. The summed E-state index contributed by atoms with van der Waals surface area (Å²) in [5.74, 6) is 0.343. The number of halogens is 2. The van der Waals surface area contributed by atoms with E-state index < -0.39 is 0 Å². The molecule has 0 aliphatic carbocycles. The van der Waals surface area contributed by atoms with Crippen LogP contribution in [0, 0.1) is 5.82 Å². The lowest BCUT2D eigenvalue weighted by Gasteiger charge is -2.36.